The molecule has 2 aromatic heterocycles. The molecule has 0 spiro atoms. The van der Waals surface area contributed by atoms with E-state index >= 15 is 0 Å². The molecule has 29 heavy (non-hydrogen) atoms. The summed E-state index contributed by atoms with van der Waals surface area (Å²) in [4.78, 5) is 32.5. The van der Waals surface area contributed by atoms with Crippen molar-refractivity contribution in [3.8, 4) is 6.07 Å². The smallest absolute Gasteiger partial charge is 0.263 e. The van der Waals surface area contributed by atoms with Gasteiger partial charge in [0.1, 0.15) is 10.4 Å². The summed E-state index contributed by atoms with van der Waals surface area (Å²) in [5.41, 5.74) is 0.481. The summed E-state index contributed by atoms with van der Waals surface area (Å²) >= 11 is 2.92. The Kier molecular flexibility index (Phi) is 5.71. The van der Waals surface area contributed by atoms with Gasteiger partial charge in [-0.05, 0) is 63.4 Å². The number of amides is 1. The molecule has 0 aromatic carbocycles. The molecule has 1 atom stereocenters. The molecule has 1 unspecified atom stereocenters. The molecule has 0 radical (unpaired) electrons. The molecule has 1 N–H and O–H groups in total. The lowest BCUT2D eigenvalue weighted by molar-refractivity contribution is -0.119. The van der Waals surface area contributed by atoms with Gasteiger partial charge in [0.05, 0.1) is 17.2 Å². The average molecular weight is 431 g/mol. The second-order valence-corrected chi connectivity index (χ2v) is 10.2. The molecule has 6 nitrogen and oxygen atoms in total. The van der Waals surface area contributed by atoms with E-state index in [0.717, 1.165) is 42.3 Å². The van der Waals surface area contributed by atoms with Crippen molar-refractivity contribution in [2.75, 3.05) is 5.75 Å². The molecule has 2 heterocycles. The Hall–Kier alpha value is -1.85. The Morgan fingerprint density at radius 3 is 2.90 bits per heavy atom. The Bertz CT molecular complexity index is 1040. The lowest BCUT2D eigenvalue weighted by Gasteiger charge is -2.21. The second-order valence-electron chi connectivity index (χ2n) is 8.21. The Labute approximate surface area is 178 Å². The highest BCUT2D eigenvalue weighted by Crippen LogP contribution is 2.36. The third-order valence-corrected chi connectivity index (χ3v) is 8.20. The number of rotatable bonds is 5. The highest BCUT2D eigenvalue weighted by Gasteiger charge is 2.35. The number of fused-ring (bicyclic) bond motifs is 3. The van der Waals surface area contributed by atoms with Gasteiger partial charge in [-0.1, -0.05) is 18.7 Å². The molecule has 2 aromatic rings. The van der Waals surface area contributed by atoms with Crippen LogP contribution in [-0.4, -0.2) is 26.8 Å². The Balaban J connectivity index is 1.58. The van der Waals surface area contributed by atoms with Gasteiger partial charge >= 0.3 is 0 Å². The van der Waals surface area contributed by atoms with E-state index < -0.39 is 5.54 Å². The summed E-state index contributed by atoms with van der Waals surface area (Å²) in [6, 6.07) is 2.28. The molecule has 0 saturated heterocycles. The minimum atomic E-state index is -0.719. The summed E-state index contributed by atoms with van der Waals surface area (Å²) < 4.78 is 1.68. The van der Waals surface area contributed by atoms with E-state index in [4.69, 9.17) is 4.98 Å². The third kappa shape index (κ3) is 3.82. The fourth-order valence-electron chi connectivity index (χ4n) is 4.47. The van der Waals surface area contributed by atoms with E-state index in [1.165, 1.54) is 22.2 Å². The van der Waals surface area contributed by atoms with Crippen LogP contribution in [0.2, 0.25) is 0 Å². The molecule has 1 amide bonds. The molecule has 4 rings (SSSR count). The number of carbonyl (C=O) groups excluding carboxylic acids is 1. The fraction of sp³-hybridized carbons (Fsp3) is 0.619. The van der Waals surface area contributed by atoms with E-state index in [1.54, 1.807) is 15.9 Å². The molecule has 2 aliphatic rings. The molecule has 1 fully saturated rings. The molecule has 0 bridgehead atoms. The van der Waals surface area contributed by atoms with Gasteiger partial charge in [-0.25, -0.2) is 4.98 Å². The van der Waals surface area contributed by atoms with Crippen molar-refractivity contribution in [3.63, 3.8) is 0 Å². The van der Waals surface area contributed by atoms with Crippen molar-refractivity contribution >= 4 is 39.2 Å². The van der Waals surface area contributed by atoms with Crippen molar-refractivity contribution in [2.45, 2.75) is 76.0 Å². The van der Waals surface area contributed by atoms with Gasteiger partial charge in [0.2, 0.25) is 5.91 Å². The number of aryl methyl sites for hydroxylation is 1. The van der Waals surface area contributed by atoms with E-state index in [9.17, 15) is 14.9 Å². The Morgan fingerprint density at radius 1 is 1.45 bits per heavy atom. The van der Waals surface area contributed by atoms with Crippen LogP contribution in [0.1, 0.15) is 56.4 Å². The van der Waals surface area contributed by atoms with Crippen molar-refractivity contribution in [1.82, 2.24) is 14.9 Å². The number of hydrogen-bond donors (Lipinski definition) is 1. The van der Waals surface area contributed by atoms with Crippen LogP contribution in [0.5, 0.6) is 0 Å². The number of aromatic nitrogens is 2. The highest BCUT2D eigenvalue weighted by atomic mass is 32.2. The maximum absolute atomic E-state index is 13.2. The summed E-state index contributed by atoms with van der Waals surface area (Å²) in [6.07, 6.45) is 6.44. The van der Waals surface area contributed by atoms with Gasteiger partial charge < -0.3 is 5.32 Å². The number of thiophene rings is 1. The molecule has 1 saturated carbocycles. The number of carbonyl (C=O) groups is 1. The summed E-state index contributed by atoms with van der Waals surface area (Å²) in [7, 11) is 0. The topological polar surface area (TPSA) is 87.8 Å². The zero-order valence-electron chi connectivity index (χ0n) is 16.9. The van der Waals surface area contributed by atoms with Gasteiger partial charge in [0.25, 0.3) is 5.56 Å². The van der Waals surface area contributed by atoms with Crippen LogP contribution in [0, 0.1) is 17.2 Å². The minimum absolute atomic E-state index is 0.0109. The van der Waals surface area contributed by atoms with Crippen LogP contribution in [0.3, 0.4) is 0 Å². The van der Waals surface area contributed by atoms with E-state index in [1.807, 2.05) is 6.92 Å². The van der Waals surface area contributed by atoms with Gasteiger partial charge in [-0.3, -0.25) is 14.2 Å². The molecular weight excluding hydrogens is 404 g/mol. The van der Waals surface area contributed by atoms with E-state index in [2.05, 4.69) is 18.3 Å². The predicted molar refractivity (Wildman–Crippen MR) is 116 cm³/mol. The first-order valence-electron chi connectivity index (χ1n) is 10.4. The van der Waals surface area contributed by atoms with Crippen molar-refractivity contribution < 1.29 is 4.79 Å². The highest BCUT2D eigenvalue weighted by molar-refractivity contribution is 7.99. The number of nitrogens with one attached hydrogen (secondary N) is 1. The number of thioether (sulfide) groups is 1. The molecule has 8 heteroatoms. The Morgan fingerprint density at radius 2 is 2.21 bits per heavy atom. The fourth-order valence-corrected chi connectivity index (χ4v) is 6.76. The van der Waals surface area contributed by atoms with Gasteiger partial charge in [-0.15, -0.1) is 11.3 Å². The van der Waals surface area contributed by atoms with Gasteiger partial charge in [0.15, 0.2) is 5.16 Å². The number of nitrogens with zero attached hydrogens (tertiary/aromatic N) is 3. The van der Waals surface area contributed by atoms with Crippen LogP contribution < -0.4 is 10.9 Å². The first-order chi connectivity index (χ1) is 14.0. The SMILES string of the molecule is CCn1c(SCC(=O)NC2(C#N)CCCC2)nc2sc3c(c2c1=O)CCC(C)C3. The summed E-state index contributed by atoms with van der Waals surface area (Å²) in [6.45, 7) is 4.71. The normalized spacial score (nSPS) is 20.4. The average Bonchev–Trinajstić information content (AvgIpc) is 3.30. The predicted octanol–water partition coefficient (Wildman–Crippen LogP) is 3.65. The largest absolute Gasteiger partial charge is 0.337 e. The molecule has 154 valence electrons. The maximum atomic E-state index is 13.2. The first kappa shape index (κ1) is 20.4. The van der Waals surface area contributed by atoms with E-state index in [0.29, 0.717) is 30.5 Å². The quantitative estimate of drug-likeness (QED) is 0.578. The number of hydrogen-bond acceptors (Lipinski definition) is 6. The lowest BCUT2D eigenvalue weighted by Crippen LogP contribution is -2.45. The molecule has 2 aliphatic carbocycles. The maximum Gasteiger partial charge on any atom is 0.263 e. The third-order valence-electron chi connectivity index (χ3n) is 6.08. The van der Waals surface area contributed by atoms with Crippen LogP contribution in [0.4, 0.5) is 0 Å². The van der Waals surface area contributed by atoms with Crippen LogP contribution >= 0.6 is 23.1 Å². The minimum Gasteiger partial charge on any atom is -0.337 e. The summed E-state index contributed by atoms with van der Waals surface area (Å²) in [5, 5.41) is 13.7. The first-order valence-corrected chi connectivity index (χ1v) is 12.2. The van der Waals surface area contributed by atoms with Gasteiger partial charge in [-0.2, -0.15) is 5.26 Å². The van der Waals surface area contributed by atoms with Crippen LogP contribution in [0.15, 0.2) is 9.95 Å². The zero-order valence-corrected chi connectivity index (χ0v) is 18.5. The second kappa shape index (κ2) is 8.11. The van der Waals surface area contributed by atoms with Crippen LogP contribution in [0.25, 0.3) is 10.2 Å². The van der Waals surface area contributed by atoms with Gasteiger partial charge in [0, 0.05) is 11.4 Å². The van der Waals surface area contributed by atoms with Crippen molar-refractivity contribution in [1.29, 1.82) is 5.26 Å². The van der Waals surface area contributed by atoms with E-state index in [-0.39, 0.29) is 17.2 Å². The van der Waals surface area contributed by atoms with Crippen molar-refractivity contribution in [3.05, 3.63) is 20.8 Å². The monoisotopic (exact) mass is 430 g/mol. The molecule has 0 aliphatic heterocycles. The lowest BCUT2D eigenvalue weighted by atomic mass is 9.89. The zero-order chi connectivity index (χ0) is 20.6. The summed E-state index contributed by atoms with van der Waals surface area (Å²) in [5.74, 6) is 0.628. The van der Waals surface area contributed by atoms with Crippen LogP contribution in [-0.2, 0) is 24.2 Å². The van der Waals surface area contributed by atoms with Crippen molar-refractivity contribution in [2.24, 2.45) is 5.92 Å². The molecular formula is C21H26N4O2S2. The number of nitriles is 1. The standard InChI is InChI=1S/C21H26N4O2S2/c1-3-25-19(27)17-14-7-6-13(2)10-15(14)29-18(17)23-20(25)28-11-16(26)24-21(12-22)8-4-5-9-21/h13H,3-11H2,1-2H3,(H,24,26).